The van der Waals surface area contributed by atoms with Crippen LogP contribution in [0.5, 0.6) is 0 Å². The van der Waals surface area contributed by atoms with Crippen LogP contribution in [0.15, 0.2) is 30.3 Å². The Balaban J connectivity index is 2.65. The molecular weight excluding hydrogens is 236 g/mol. The maximum absolute atomic E-state index is 9.13. The first-order chi connectivity index (χ1) is 8.15. The second-order valence-corrected chi connectivity index (χ2v) is 4.86. The molecule has 1 aromatic carbocycles. The summed E-state index contributed by atoms with van der Waals surface area (Å²) in [6, 6.07) is 10.1. The molecule has 0 aliphatic heterocycles. The van der Waals surface area contributed by atoms with Crippen LogP contribution >= 0.6 is 11.6 Å². The van der Waals surface area contributed by atoms with Gasteiger partial charge in [0.2, 0.25) is 0 Å². The maximum atomic E-state index is 9.13. The first-order valence-electron chi connectivity index (χ1n) is 5.95. The van der Waals surface area contributed by atoms with Crippen LogP contribution in [0.4, 0.5) is 5.69 Å². The molecule has 0 aliphatic rings. The van der Waals surface area contributed by atoms with E-state index in [1.54, 1.807) is 0 Å². The van der Waals surface area contributed by atoms with E-state index < -0.39 is 0 Å². The molecule has 0 fully saturated rings. The molecule has 2 unspecified atom stereocenters. The Morgan fingerprint density at radius 1 is 1.29 bits per heavy atom. The molecule has 0 heterocycles. The molecule has 0 saturated carbocycles. The molecule has 0 aliphatic carbocycles. The van der Waals surface area contributed by atoms with Crippen molar-refractivity contribution in [3.8, 4) is 0 Å². The fraction of sp³-hybridized carbons (Fsp3) is 0.538. The van der Waals surface area contributed by atoms with Crippen molar-refractivity contribution in [1.82, 2.24) is 5.32 Å². The van der Waals surface area contributed by atoms with Crippen LogP contribution in [0.3, 0.4) is 0 Å². The van der Waals surface area contributed by atoms with Gasteiger partial charge in [-0.15, -0.1) is 11.6 Å². The van der Waals surface area contributed by atoms with E-state index in [0.29, 0.717) is 6.54 Å². The van der Waals surface area contributed by atoms with Crippen LogP contribution in [0.1, 0.15) is 13.8 Å². The molecule has 96 valence electrons. The summed E-state index contributed by atoms with van der Waals surface area (Å²) in [5.41, 5.74) is 1.10. The largest absolute Gasteiger partial charge is 0.395 e. The Kier molecular flexibility index (Phi) is 6.34. The molecule has 0 spiro atoms. The van der Waals surface area contributed by atoms with Crippen LogP contribution in [0, 0.1) is 0 Å². The fourth-order valence-corrected chi connectivity index (χ4v) is 1.81. The molecule has 0 bridgehead atoms. The number of aliphatic hydroxyl groups excluding tert-OH is 1. The number of anilines is 1. The van der Waals surface area contributed by atoms with Crippen LogP contribution in [0.25, 0.3) is 0 Å². The lowest BCUT2D eigenvalue weighted by molar-refractivity contribution is 0.295. The summed E-state index contributed by atoms with van der Waals surface area (Å²) in [4.78, 5) is 2.12. The summed E-state index contributed by atoms with van der Waals surface area (Å²) in [6.45, 7) is 5.52. The molecule has 17 heavy (non-hydrogen) atoms. The van der Waals surface area contributed by atoms with Crippen LogP contribution in [-0.2, 0) is 0 Å². The third-order valence-electron chi connectivity index (χ3n) is 2.59. The van der Waals surface area contributed by atoms with Gasteiger partial charge in [-0.3, -0.25) is 5.32 Å². The van der Waals surface area contributed by atoms with Gasteiger partial charge in [-0.2, -0.15) is 0 Å². The second-order valence-electron chi connectivity index (χ2n) is 4.12. The molecular formula is C13H21ClN2O. The standard InChI is InChI=1S/C13H21ClN2O/c1-11(14)10-15-12(2)16(8-9-17)13-6-4-3-5-7-13/h3-7,11-12,15,17H,8-10H2,1-2H3. The zero-order chi connectivity index (χ0) is 12.7. The SMILES string of the molecule is CC(Cl)CNC(C)N(CCO)c1ccccc1. The lowest BCUT2D eigenvalue weighted by Crippen LogP contribution is -2.46. The molecule has 0 aromatic heterocycles. The summed E-state index contributed by atoms with van der Waals surface area (Å²) < 4.78 is 0. The van der Waals surface area contributed by atoms with Gasteiger partial charge in [0.05, 0.1) is 12.8 Å². The van der Waals surface area contributed by atoms with Gasteiger partial charge in [-0.05, 0) is 26.0 Å². The third kappa shape index (κ3) is 4.94. The fourth-order valence-electron chi connectivity index (χ4n) is 1.72. The summed E-state index contributed by atoms with van der Waals surface area (Å²) in [5, 5.41) is 12.6. The zero-order valence-corrected chi connectivity index (χ0v) is 11.2. The number of nitrogens with one attached hydrogen (secondary N) is 1. The number of nitrogens with zero attached hydrogens (tertiary/aromatic N) is 1. The lowest BCUT2D eigenvalue weighted by Gasteiger charge is -2.31. The van der Waals surface area contributed by atoms with Gasteiger partial charge in [0, 0.05) is 24.2 Å². The molecule has 0 amide bonds. The Morgan fingerprint density at radius 2 is 1.94 bits per heavy atom. The number of hydrogen-bond acceptors (Lipinski definition) is 3. The summed E-state index contributed by atoms with van der Waals surface area (Å²) in [6.07, 6.45) is 0.144. The molecule has 3 nitrogen and oxygen atoms in total. The van der Waals surface area contributed by atoms with Crippen molar-refractivity contribution in [1.29, 1.82) is 0 Å². The Hall–Kier alpha value is -0.770. The van der Waals surface area contributed by atoms with Crippen LogP contribution < -0.4 is 10.2 Å². The Morgan fingerprint density at radius 3 is 2.47 bits per heavy atom. The van der Waals surface area contributed by atoms with Crippen molar-refractivity contribution >= 4 is 17.3 Å². The minimum absolute atomic E-state index is 0.101. The Labute approximate surface area is 108 Å². The van der Waals surface area contributed by atoms with Gasteiger partial charge >= 0.3 is 0 Å². The minimum atomic E-state index is 0.101. The van der Waals surface area contributed by atoms with Gasteiger partial charge in [-0.25, -0.2) is 0 Å². The maximum Gasteiger partial charge on any atom is 0.0768 e. The average Bonchev–Trinajstić information content (AvgIpc) is 2.34. The van der Waals surface area contributed by atoms with E-state index in [0.717, 1.165) is 12.2 Å². The van der Waals surface area contributed by atoms with Crippen molar-refractivity contribution < 1.29 is 5.11 Å². The average molecular weight is 257 g/mol. The van der Waals surface area contributed by atoms with Gasteiger partial charge in [0.15, 0.2) is 0 Å². The highest BCUT2D eigenvalue weighted by molar-refractivity contribution is 6.20. The van der Waals surface area contributed by atoms with Gasteiger partial charge < -0.3 is 10.0 Å². The minimum Gasteiger partial charge on any atom is -0.395 e. The first kappa shape index (κ1) is 14.3. The highest BCUT2D eigenvalue weighted by Crippen LogP contribution is 2.14. The van der Waals surface area contributed by atoms with Crippen molar-refractivity contribution in [3.05, 3.63) is 30.3 Å². The van der Waals surface area contributed by atoms with Crippen molar-refractivity contribution in [2.24, 2.45) is 0 Å². The molecule has 1 rings (SSSR count). The number of hydrogen-bond donors (Lipinski definition) is 2. The number of aliphatic hydroxyl groups is 1. The predicted molar refractivity (Wildman–Crippen MR) is 73.7 cm³/mol. The monoisotopic (exact) mass is 256 g/mol. The second kappa shape index (κ2) is 7.54. The number of halogens is 1. The van der Waals surface area contributed by atoms with Crippen molar-refractivity contribution in [2.45, 2.75) is 25.4 Å². The normalized spacial score (nSPS) is 14.4. The smallest absolute Gasteiger partial charge is 0.0768 e. The van der Waals surface area contributed by atoms with E-state index in [4.69, 9.17) is 16.7 Å². The topological polar surface area (TPSA) is 35.5 Å². The zero-order valence-electron chi connectivity index (χ0n) is 10.4. The van der Waals surface area contributed by atoms with E-state index in [2.05, 4.69) is 17.1 Å². The van der Waals surface area contributed by atoms with E-state index >= 15 is 0 Å². The number of alkyl halides is 1. The predicted octanol–water partition coefficient (Wildman–Crippen LogP) is 2.05. The van der Waals surface area contributed by atoms with Gasteiger partial charge in [0.1, 0.15) is 0 Å². The number of benzene rings is 1. The summed E-state index contributed by atoms with van der Waals surface area (Å²) in [7, 11) is 0. The molecule has 2 atom stereocenters. The quantitative estimate of drug-likeness (QED) is 0.579. The number of rotatable bonds is 7. The van der Waals surface area contributed by atoms with Crippen molar-refractivity contribution in [2.75, 3.05) is 24.6 Å². The summed E-state index contributed by atoms with van der Waals surface area (Å²) in [5.74, 6) is 0. The highest BCUT2D eigenvalue weighted by Gasteiger charge is 2.13. The molecule has 0 radical (unpaired) electrons. The first-order valence-corrected chi connectivity index (χ1v) is 6.38. The van der Waals surface area contributed by atoms with Crippen LogP contribution in [0.2, 0.25) is 0 Å². The van der Waals surface area contributed by atoms with E-state index in [1.165, 1.54) is 0 Å². The molecule has 2 N–H and O–H groups in total. The molecule has 1 aromatic rings. The summed E-state index contributed by atoms with van der Waals surface area (Å²) >= 11 is 5.92. The molecule has 4 heteroatoms. The van der Waals surface area contributed by atoms with Crippen LogP contribution in [-0.4, -0.2) is 36.3 Å². The lowest BCUT2D eigenvalue weighted by atomic mass is 10.2. The molecule has 0 saturated heterocycles. The van der Waals surface area contributed by atoms with E-state index in [-0.39, 0.29) is 18.1 Å². The van der Waals surface area contributed by atoms with Gasteiger partial charge in [-0.1, -0.05) is 18.2 Å². The highest BCUT2D eigenvalue weighted by atomic mass is 35.5. The van der Waals surface area contributed by atoms with E-state index in [9.17, 15) is 0 Å². The van der Waals surface area contributed by atoms with E-state index in [1.807, 2.05) is 37.3 Å². The van der Waals surface area contributed by atoms with Crippen molar-refractivity contribution in [3.63, 3.8) is 0 Å². The Bertz CT molecular complexity index is 306. The third-order valence-corrected chi connectivity index (χ3v) is 2.75. The van der Waals surface area contributed by atoms with Gasteiger partial charge in [0.25, 0.3) is 0 Å². The number of para-hydroxylation sites is 1.